The van der Waals surface area contributed by atoms with Crippen LogP contribution in [0.25, 0.3) is 0 Å². The number of carbonyl (C=O) groups is 2. The molecule has 2 N–H and O–H groups in total. The lowest BCUT2D eigenvalue weighted by Crippen LogP contribution is -2.22. The van der Waals surface area contributed by atoms with Crippen molar-refractivity contribution in [1.82, 2.24) is 5.32 Å². The summed E-state index contributed by atoms with van der Waals surface area (Å²) in [5.41, 5.74) is 2.11. The van der Waals surface area contributed by atoms with Crippen LogP contribution in [0.2, 0.25) is 0 Å². The fraction of sp³-hybridized carbons (Fsp3) is 0.333. The lowest BCUT2D eigenvalue weighted by Gasteiger charge is -2.06. The van der Waals surface area contributed by atoms with Gasteiger partial charge in [0.1, 0.15) is 5.82 Å². The van der Waals surface area contributed by atoms with Gasteiger partial charge in [-0.05, 0) is 55.5 Å². The first-order chi connectivity index (χ1) is 11.4. The normalized spacial score (nSPS) is 13.6. The SMILES string of the molecule is Cc1ccc(CNC(=O)c2sc(NC(=O)C3CC3)cc2C)cc1F. The van der Waals surface area contributed by atoms with Gasteiger partial charge in [-0.2, -0.15) is 0 Å². The van der Waals surface area contributed by atoms with E-state index >= 15 is 0 Å². The predicted molar refractivity (Wildman–Crippen MR) is 92.7 cm³/mol. The maximum Gasteiger partial charge on any atom is 0.261 e. The van der Waals surface area contributed by atoms with Crippen LogP contribution in [-0.2, 0) is 11.3 Å². The van der Waals surface area contributed by atoms with Gasteiger partial charge in [0.15, 0.2) is 0 Å². The highest BCUT2D eigenvalue weighted by molar-refractivity contribution is 7.18. The molecule has 0 saturated heterocycles. The van der Waals surface area contributed by atoms with Crippen molar-refractivity contribution < 1.29 is 14.0 Å². The van der Waals surface area contributed by atoms with Crippen LogP contribution in [0, 0.1) is 25.6 Å². The molecule has 4 nitrogen and oxygen atoms in total. The zero-order chi connectivity index (χ0) is 17.3. The molecule has 1 aliphatic carbocycles. The summed E-state index contributed by atoms with van der Waals surface area (Å²) in [5.74, 6) is -0.344. The molecule has 1 heterocycles. The molecule has 0 radical (unpaired) electrons. The Morgan fingerprint density at radius 1 is 1.21 bits per heavy atom. The van der Waals surface area contributed by atoms with E-state index in [9.17, 15) is 14.0 Å². The van der Waals surface area contributed by atoms with Crippen molar-refractivity contribution in [3.05, 3.63) is 51.7 Å². The molecule has 0 spiro atoms. The minimum absolute atomic E-state index is 0.0262. The number of hydrogen-bond acceptors (Lipinski definition) is 3. The summed E-state index contributed by atoms with van der Waals surface area (Å²) in [6, 6.07) is 6.73. The molecule has 1 fully saturated rings. The van der Waals surface area contributed by atoms with Crippen LogP contribution in [0.5, 0.6) is 0 Å². The first kappa shape index (κ1) is 16.6. The van der Waals surface area contributed by atoms with Gasteiger partial charge in [0, 0.05) is 12.5 Å². The second kappa shape index (κ2) is 6.73. The van der Waals surface area contributed by atoms with Gasteiger partial charge >= 0.3 is 0 Å². The fourth-order valence-electron chi connectivity index (χ4n) is 2.35. The van der Waals surface area contributed by atoms with Crippen LogP contribution in [0.1, 0.15) is 39.2 Å². The topological polar surface area (TPSA) is 58.2 Å². The monoisotopic (exact) mass is 346 g/mol. The Labute approximate surface area is 144 Å². The highest BCUT2D eigenvalue weighted by atomic mass is 32.1. The maximum absolute atomic E-state index is 13.5. The molecule has 2 amide bonds. The Kier molecular flexibility index (Phi) is 4.66. The molecule has 1 aromatic carbocycles. The smallest absolute Gasteiger partial charge is 0.261 e. The molecule has 2 aromatic rings. The Bertz CT molecular complexity index is 796. The Morgan fingerprint density at radius 2 is 1.96 bits per heavy atom. The summed E-state index contributed by atoms with van der Waals surface area (Å²) in [5, 5.41) is 6.34. The van der Waals surface area contributed by atoms with Crippen molar-refractivity contribution in [1.29, 1.82) is 0 Å². The number of benzene rings is 1. The summed E-state index contributed by atoms with van der Waals surface area (Å²) in [6.45, 7) is 3.80. The number of rotatable bonds is 5. The molecule has 126 valence electrons. The third kappa shape index (κ3) is 3.82. The van der Waals surface area contributed by atoms with E-state index in [2.05, 4.69) is 10.6 Å². The number of anilines is 1. The van der Waals surface area contributed by atoms with E-state index in [4.69, 9.17) is 0 Å². The van der Waals surface area contributed by atoms with Crippen LogP contribution >= 0.6 is 11.3 Å². The van der Waals surface area contributed by atoms with Gasteiger partial charge in [-0.3, -0.25) is 9.59 Å². The van der Waals surface area contributed by atoms with Crippen LogP contribution < -0.4 is 10.6 Å². The van der Waals surface area contributed by atoms with Gasteiger partial charge in [-0.1, -0.05) is 12.1 Å². The standard InChI is InChI=1S/C18H19FN2O2S/c1-10-3-4-12(8-14(10)19)9-20-18(23)16-11(2)7-15(24-16)21-17(22)13-5-6-13/h3-4,7-8,13H,5-6,9H2,1-2H3,(H,20,23)(H,21,22). The highest BCUT2D eigenvalue weighted by Crippen LogP contribution is 2.32. The molecule has 0 atom stereocenters. The van der Waals surface area contributed by atoms with Crippen molar-refractivity contribution in [2.24, 2.45) is 5.92 Å². The first-order valence-electron chi connectivity index (χ1n) is 7.88. The second-order valence-electron chi connectivity index (χ2n) is 6.15. The number of amides is 2. The molecule has 0 unspecified atom stereocenters. The van der Waals surface area contributed by atoms with Crippen molar-refractivity contribution in [2.75, 3.05) is 5.32 Å². The molecular formula is C18H19FN2O2S. The third-order valence-corrected chi connectivity index (χ3v) is 5.16. The largest absolute Gasteiger partial charge is 0.347 e. The molecular weight excluding hydrogens is 327 g/mol. The minimum atomic E-state index is -0.279. The zero-order valence-electron chi connectivity index (χ0n) is 13.6. The molecule has 0 bridgehead atoms. The van der Waals surface area contributed by atoms with Crippen LogP contribution in [0.3, 0.4) is 0 Å². The van der Waals surface area contributed by atoms with E-state index in [0.717, 1.165) is 18.4 Å². The second-order valence-corrected chi connectivity index (χ2v) is 7.20. The maximum atomic E-state index is 13.5. The lowest BCUT2D eigenvalue weighted by molar-refractivity contribution is -0.117. The fourth-order valence-corrected chi connectivity index (χ4v) is 3.34. The number of aryl methyl sites for hydroxylation is 2. The predicted octanol–water partition coefficient (Wildman–Crippen LogP) is 3.78. The Hall–Kier alpha value is -2.21. The van der Waals surface area contributed by atoms with Crippen LogP contribution in [-0.4, -0.2) is 11.8 Å². The molecule has 1 saturated carbocycles. The van der Waals surface area contributed by atoms with E-state index in [1.54, 1.807) is 19.1 Å². The summed E-state index contributed by atoms with van der Waals surface area (Å²) >= 11 is 1.26. The van der Waals surface area contributed by atoms with E-state index in [-0.39, 0.29) is 30.1 Å². The van der Waals surface area contributed by atoms with Gasteiger partial charge in [0.25, 0.3) is 5.91 Å². The molecule has 3 rings (SSSR count). The van der Waals surface area contributed by atoms with Crippen molar-refractivity contribution in [2.45, 2.75) is 33.2 Å². The van der Waals surface area contributed by atoms with Crippen LogP contribution in [0.4, 0.5) is 9.39 Å². The number of halogens is 1. The molecule has 1 aliphatic rings. The molecule has 1 aromatic heterocycles. The summed E-state index contributed by atoms with van der Waals surface area (Å²) < 4.78 is 13.5. The molecule has 0 aliphatic heterocycles. The van der Waals surface area contributed by atoms with E-state index in [0.29, 0.717) is 21.0 Å². The van der Waals surface area contributed by atoms with Crippen LogP contribution in [0.15, 0.2) is 24.3 Å². The quantitative estimate of drug-likeness (QED) is 0.865. The number of thiophene rings is 1. The molecule has 6 heteroatoms. The molecule has 24 heavy (non-hydrogen) atoms. The van der Waals surface area contributed by atoms with Gasteiger partial charge in [0.2, 0.25) is 5.91 Å². The summed E-state index contributed by atoms with van der Waals surface area (Å²) in [4.78, 5) is 24.7. The minimum Gasteiger partial charge on any atom is -0.347 e. The average Bonchev–Trinajstić information content (AvgIpc) is 3.32. The van der Waals surface area contributed by atoms with Crippen molar-refractivity contribution in [3.8, 4) is 0 Å². The summed E-state index contributed by atoms with van der Waals surface area (Å²) in [7, 11) is 0. The van der Waals surface area contributed by atoms with E-state index in [1.165, 1.54) is 17.4 Å². The lowest BCUT2D eigenvalue weighted by atomic mass is 10.1. The van der Waals surface area contributed by atoms with E-state index in [1.807, 2.05) is 13.0 Å². The Morgan fingerprint density at radius 3 is 2.62 bits per heavy atom. The van der Waals surface area contributed by atoms with Gasteiger partial charge in [-0.25, -0.2) is 4.39 Å². The number of carbonyl (C=O) groups excluding carboxylic acids is 2. The third-order valence-electron chi connectivity index (χ3n) is 4.01. The zero-order valence-corrected chi connectivity index (χ0v) is 14.4. The Balaban J connectivity index is 1.62. The number of nitrogens with one attached hydrogen (secondary N) is 2. The highest BCUT2D eigenvalue weighted by Gasteiger charge is 2.30. The van der Waals surface area contributed by atoms with Crippen molar-refractivity contribution in [3.63, 3.8) is 0 Å². The van der Waals surface area contributed by atoms with Gasteiger partial charge in [-0.15, -0.1) is 11.3 Å². The average molecular weight is 346 g/mol. The number of hydrogen-bond donors (Lipinski definition) is 2. The van der Waals surface area contributed by atoms with Gasteiger partial charge < -0.3 is 10.6 Å². The van der Waals surface area contributed by atoms with Gasteiger partial charge in [0.05, 0.1) is 9.88 Å². The van der Waals surface area contributed by atoms with E-state index < -0.39 is 0 Å². The first-order valence-corrected chi connectivity index (χ1v) is 8.70. The van der Waals surface area contributed by atoms with Crippen molar-refractivity contribution >= 4 is 28.2 Å². The summed E-state index contributed by atoms with van der Waals surface area (Å²) in [6.07, 6.45) is 1.88.